The number of nitrogens with zero attached hydrogens (tertiary/aromatic N) is 4. The third-order valence-electron chi connectivity index (χ3n) is 5.86. The maximum Gasteiger partial charge on any atom is 0.170 e. The molecule has 0 aromatic carbocycles. The molecule has 0 unspecified atom stereocenters. The van der Waals surface area contributed by atoms with Crippen LogP contribution in [-0.4, -0.2) is 31.1 Å². The summed E-state index contributed by atoms with van der Waals surface area (Å²) in [6.45, 7) is 9.53. The van der Waals surface area contributed by atoms with Crippen LogP contribution in [0.15, 0.2) is 48.8 Å². The van der Waals surface area contributed by atoms with Crippen LogP contribution in [0.3, 0.4) is 0 Å². The number of aryl methyl sites for hydroxylation is 2. The predicted molar refractivity (Wildman–Crippen MR) is 125 cm³/mol. The molecule has 30 heavy (non-hydrogen) atoms. The average molecular weight is 420 g/mol. The minimum atomic E-state index is 0.0236. The summed E-state index contributed by atoms with van der Waals surface area (Å²) in [5.41, 5.74) is 5.82. The molecule has 1 N–H and O–H groups in total. The number of hydrogen-bond donors (Lipinski definition) is 1. The maximum atomic E-state index is 5.77. The van der Waals surface area contributed by atoms with Crippen LogP contribution in [0.1, 0.15) is 60.1 Å². The van der Waals surface area contributed by atoms with E-state index in [1.165, 1.54) is 17.0 Å². The van der Waals surface area contributed by atoms with Crippen LogP contribution in [0.5, 0.6) is 0 Å². The summed E-state index contributed by atoms with van der Waals surface area (Å²) in [7, 11) is 0. The third-order valence-corrected chi connectivity index (χ3v) is 6.22. The van der Waals surface area contributed by atoms with E-state index in [4.69, 9.17) is 12.2 Å². The lowest BCUT2D eigenvalue weighted by Gasteiger charge is -2.28. The van der Waals surface area contributed by atoms with Crippen molar-refractivity contribution in [3.8, 4) is 5.82 Å². The highest BCUT2D eigenvalue weighted by Crippen LogP contribution is 2.41. The lowest BCUT2D eigenvalue weighted by molar-refractivity contribution is 0.312. The van der Waals surface area contributed by atoms with Crippen molar-refractivity contribution >= 4 is 17.3 Å². The molecule has 1 saturated heterocycles. The van der Waals surface area contributed by atoms with Crippen molar-refractivity contribution in [2.24, 2.45) is 0 Å². The zero-order valence-electron chi connectivity index (χ0n) is 18.1. The zero-order chi connectivity index (χ0) is 21.3. The van der Waals surface area contributed by atoms with Gasteiger partial charge in [-0.25, -0.2) is 4.98 Å². The van der Waals surface area contributed by atoms with Crippen molar-refractivity contribution in [3.63, 3.8) is 0 Å². The zero-order valence-corrected chi connectivity index (χ0v) is 18.9. The van der Waals surface area contributed by atoms with E-state index in [0.29, 0.717) is 0 Å². The number of hydrogen-bond acceptors (Lipinski definition) is 3. The topological polar surface area (TPSA) is 46.0 Å². The van der Waals surface area contributed by atoms with Crippen molar-refractivity contribution in [3.05, 3.63) is 77.0 Å². The quantitative estimate of drug-likeness (QED) is 0.572. The van der Waals surface area contributed by atoms with Gasteiger partial charge in [-0.05, 0) is 74.8 Å². The smallest absolute Gasteiger partial charge is 0.170 e. The lowest BCUT2D eigenvalue weighted by Crippen LogP contribution is -2.30. The first-order valence-corrected chi connectivity index (χ1v) is 11.0. The minimum Gasteiger partial charge on any atom is -0.352 e. The molecule has 1 aliphatic rings. The number of aromatic nitrogens is 3. The number of pyridine rings is 2. The van der Waals surface area contributed by atoms with E-state index >= 15 is 0 Å². The monoisotopic (exact) mass is 419 g/mol. The molecule has 4 rings (SSSR count). The molecule has 0 bridgehead atoms. The molecule has 156 valence electrons. The van der Waals surface area contributed by atoms with Crippen LogP contribution >= 0.6 is 12.2 Å². The Labute approximate surface area is 184 Å². The molecule has 0 aliphatic carbocycles. The van der Waals surface area contributed by atoms with Gasteiger partial charge < -0.3 is 14.8 Å². The van der Waals surface area contributed by atoms with E-state index in [1.54, 1.807) is 0 Å². The van der Waals surface area contributed by atoms with Crippen LogP contribution < -0.4 is 5.32 Å². The van der Waals surface area contributed by atoms with Crippen LogP contribution in [0, 0.1) is 20.8 Å². The van der Waals surface area contributed by atoms with Gasteiger partial charge in [-0.3, -0.25) is 4.98 Å². The Bertz CT molecular complexity index is 1030. The van der Waals surface area contributed by atoms with Gasteiger partial charge in [0, 0.05) is 30.3 Å². The fourth-order valence-electron chi connectivity index (χ4n) is 4.35. The Kier molecular flexibility index (Phi) is 5.86. The van der Waals surface area contributed by atoms with E-state index in [2.05, 4.69) is 76.7 Å². The Morgan fingerprint density at radius 3 is 2.60 bits per heavy atom. The van der Waals surface area contributed by atoms with Crippen LogP contribution in [-0.2, 0) is 0 Å². The molecule has 4 heterocycles. The second kappa shape index (κ2) is 8.56. The molecule has 2 atom stereocenters. The molecule has 3 aromatic rings. The van der Waals surface area contributed by atoms with E-state index in [1.807, 2.05) is 24.5 Å². The standard InChI is InChI=1S/C24H29N5S/c1-5-6-13-28-23(22(27-24(28)30)20-9-7-8-12-25-20)19-14-17(3)29(18(19)4)21-11-10-16(2)15-26-21/h7-12,14-15,22-23H,5-6,13H2,1-4H3,(H,27,30)/t22-,23-/m1/s1. The second-order valence-electron chi connectivity index (χ2n) is 8.03. The molecule has 0 saturated carbocycles. The van der Waals surface area contributed by atoms with E-state index < -0.39 is 0 Å². The molecule has 0 spiro atoms. The summed E-state index contributed by atoms with van der Waals surface area (Å²) in [6.07, 6.45) is 6.01. The van der Waals surface area contributed by atoms with Crippen molar-refractivity contribution in [1.29, 1.82) is 0 Å². The van der Waals surface area contributed by atoms with Gasteiger partial charge in [-0.2, -0.15) is 0 Å². The van der Waals surface area contributed by atoms with Gasteiger partial charge in [0.2, 0.25) is 0 Å². The first kappa shape index (κ1) is 20.5. The molecule has 0 amide bonds. The van der Waals surface area contributed by atoms with Crippen molar-refractivity contribution in [1.82, 2.24) is 24.8 Å². The van der Waals surface area contributed by atoms with Gasteiger partial charge in [0.1, 0.15) is 5.82 Å². The molecule has 1 aliphatic heterocycles. The van der Waals surface area contributed by atoms with Crippen LogP contribution in [0.25, 0.3) is 5.82 Å². The fraction of sp³-hybridized carbons (Fsp3) is 0.375. The van der Waals surface area contributed by atoms with Crippen molar-refractivity contribution in [2.75, 3.05) is 6.54 Å². The number of rotatable bonds is 6. The molecule has 0 radical (unpaired) electrons. The van der Waals surface area contributed by atoms with Gasteiger partial charge in [-0.15, -0.1) is 0 Å². The van der Waals surface area contributed by atoms with Crippen LogP contribution in [0.2, 0.25) is 0 Å². The highest BCUT2D eigenvalue weighted by Gasteiger charge is 2.41. The van der Waals surface area contributed by atoms with E-state index in [9.17, 15) is 0 Å². The SMILES string of the molecule is CCCCN1C(=S)N[C@H](c2ccccn2)[C@H]1c1cc(C)n(-c2ccc(C)cn2)c1C. The van der Waals surface area contributed by atoms with Crippen molar-refractivity contribution in [2.45, 2.75) is 52.6 Å². The van der Waals surface area contributed by atoms with Crippen molar-refractivity contribution < 1.29 is 0 Å². The molecule has 3 aromatic heterocycles. The molecule has 1 fully saturated rings. The number of nitrogens with one attached hydrogen (secondary N) is 1. The first-order valence-electron chi connectivity index (χ1n) is 10.6. The first-order chi connectivity index (χ1) is 14.5. The molecule has 5 nitrogen and oxygen atoms in total. The Hall–Kier alpha value is -2.73. The summed E-state index contributed by atoms with van der Waals surface area (Å²) >= 11 is 5.77. The second-order valence-corrected chi connectivity index (χ2v) is 8.42. The minimum absolute atomic E-state index is 0.0236. The average Bonchev–Trinajstić information content (AvgIpc) is 3.23. The normalized spacial score (nSPS) is 18.7. The summed E-state index contributed by atoms with van der Waals surface area (Å²) in [5.74, 6) is 0.949. The fourth-order valence-corrected chi connectivity index (χ4v) is 4.68. The van der Waals surface area contributed by atoms with Crippen LogP contribution in [0.4, 0.5) is 0 Å². The Morgan fingerprint density at radius 1 is 1.10 bits per heavy atom. The largest absolute Gasteiger partial charge is 0.352 e. The number of thiocarbonyl (C=S) groups is 1. The lowest BCUT2D eigenvalue weighted by atomic mass is 9.96. The Balaban J connectivity index is 1.81. The molecule has 6 heteroatoms. The number of unbranched alkanes of at least 4 members (excludes halogenated alkanes) is 1. The van der Waals surface area contributed by atoms with Gasteiger partial charge >= 0.3 is 0 Å². The Morgan fingerprint density at radius 2 is 1.93 bits per heavy atom. The summed E-state index contributed by atoms with van der Waals surface area (Å²) in [6, 6.07) is 12.7. The predicted octanol–water partition coefficient (Wildman–Crippen LogP) is 4.97. The summed E-state index contributed by atoms with van der Waals surface area (Å²) < 4.78 is 2.24. The van der Waals surface area contributed by atoms with E-state index in [-0.39, 0.29) is 12.1 Å². The highest BCUT2D eigenvalue weighted by molar-refractivity contribution is 7.80. The van der Waals surface area contributed by atoms with Gasteiger partial charge in [0.05, 0.1) is 17.8 Å². The maximum absolute atomic E-state index is 5.77. The van der Waals surface area contributed by atoms with Gasteiger partial charge in [-0.1, -0.05) is 25.5 Å². The summed E-state index contributed by atoms with van der Waals surface area (Å²) in [4.78, 5) is 11.7. The highest BCUT2D eigenvalue weighted by atomic mass is 32.1. The molecular weight excluding hydrogens is 390 g/mol. The summed E-state index contributed by atoms with van der Waals surface area (Å²) in [5, 5.41) is 4.36. The molecular formula is C24H29N5S. The third kappa shape index (κ3) is 3.72. The van der Waals surface area contributed by atoms with Gasteiger partial charge in [0.25, 0.3) is 0 Å². The van der Waals surface area contributed by atoms with E-state index in [0.717, 1.165) is 41.6 Å². The van der Waals surface area contributed by atoms with Gasteiger partial charge in [0.15, 0.2) is 5.11 Å².